The summed E-state index contributed by atoms with van der Waals surface area (Å²) in [5.41, 5.74) is 7.63. The highest BCUT2D eigenvalue weighted by atomic mass is 15.1. The van der Waals surface area contributed by atoms with Crippen LogP contribution in [0.15, 0.2) is 18.5 Å². The number of anilines is 2. The molecule has 0 aromatic carbocycles. The largest absolute Gasteiger partial charge is 0.385 e. The van der Waals surface area contributed by atoms with Crippen LogP contribution in [0.4, 0.5) is 11.4 Å². The van der Waals surface area contributed by atoms with Gasteiger partial charge in [-0.1, -0.05) is 0 Å². The van der Waals surface area contributed by atoms with Gasteiger partial charge in [0.15, 0.2) is 0 Å². The number of hydrogen-bond acceptors (Lipinski definition) is 4. The maximum absolute atomic E-state index is 5.48. The number of hydrogen-bond donors (Lipinski definition) is 2. The van der Waals surface area contributed by atoms with E-state index in [4.69, 9.17) is 5.73 Å². The van der Waals surface area contributed by atoms with Gasteiger partial charge in [-0.05, 0) is 6.07 Å². The van der Waals surface area contributed by atoms with Crippen LogP contribution in [0.3, 0.4) is 0 Å². The van der Waals surface area contributed by atoms with E-state index in [1.807, 2.05) is 26.4 Å². The van der Waals surface area contributed by atoms with Gasteiger partial charge in [0.05, 0.1) is 17.6 Å². The van der Waals surface area contributed by atoms with Crippen molar-refractivity contribution in [1.82, 2.24) is 4.98 Å². The van der Waals surface area contributed by atoms with Crippen molar-refractivity contribution in [3.05, 3.63) is 18.5 Å². The summed E-state index contributed by atoms with van der Waals surface area (Å²) in [7, 11) is 3.90. The van der Waals surface area contributed by atoms with Crippen molar-refractivity contribution in [3.8, 4) is 0 Å². The monoisotopic (exact) mass is 180 g/mol. The zero-order chi connectivity index (χ0) is 9.68. The van der Waals surface area contributed by atoms with Crippen LogP contribution in [0.5, 0.6) is 0 Å². The highest BCUT2D eigenvalue weighted by molar-refractivity contribution is 5.68. The van der Waals surface area contributed by atoms with Gasteiger partial charge >= 0.3 is 0 Å². The summed E-state index contributed by atoms with van der Waals surface area (Å²) in [6.45, 7) is 1.50. The fourth-order valence-electron chi connectivity index (χ4n) is 1.23. The fraction of sp³-hybridized carbons (Fsp3) is 0.444. The molecule has 0 amide bonds. The van der Waals surface area contributed by atoms with E-state index in [1.54, 1.807) is 6.20 Å². The first-order chi connectivity index (χ1) is 6.29. The van der Waals surface area contributed by atoms with Crippen LogP contribution in [-0.4, -0.2) is 32.2 Å². The Kier molecular flexibility index (Phi) is 3.52. The molecule has 0 atom stereocenters. The van der Waals surface area contributed by atoms with Crippen molar-refractivity contribution in [2.45, 2.75) is 0 Å². The van der Waals surface area contributed by atoms with Gasteiger partial charge in [-0.2, -0.15) is 0 Å². The van der Waals surface area contributed by atoms with Crippen molar-refractivity contribution in [2.24, 2.45) is 5.73 Å². The molecule has 13 heavy (non-hydrogen) atoms. The normalized spacial score (nSPS) is 9.77. The molecule has 0 fully saturated rings. The highest BCUT2D eigenvalue weighted by Crippen LogP contribution is 2.21. The number of likely N-dealkylation sites (N-methyl/N-ethyl adjacent to an activating group) is 1. The molecule has 0 radical (unpaired) electrons. The topological polar surface area (TPSA) is 54.2 Å². The SMILES string of the molecule is CNc1cnccc1N(C)CCN. The number of nitrogens with one attached hydrogen (secondary N) is 1. The van der Waals surface area contributed by atoms with Gasteiger partial charge < -0.3 is 16.0 Å². The first-order valence-electron chi connectivity index (χ1n) is 4.32. The Hall–Kier alpha value is -1.29. The smallest absolute Gasteiger partial charge is 0.0761 e. The van der Waals surface area contributed by atoms with E-state index in [2.05, 4.69) is 15.2 Å². The van der Waals surface area contributed by atoms with Gasteiger partial charge in [-0.3, -0.25) is 4.98 Å². The molecule has 0 aliphatic rings. The van der Waals surface area contributed by atoms with Crippen LogP contribution in [0.25, 0.3) is 0 Å². The van der Waals surface area contributed by atoms with Crippen LogP contribution >= 0.6 is 0 Å². The predicted octanol–water partition coefficient (Wildman–Crippen LogP) is 0.518. The van der Waals surface area contributed by atoms with E-state index in [1.165, 1.54) is 0 Å². The number of pyridine rings is 1. The highest BCUT2D eigenvalue weighted by Gasteiger charge is 2.04. The van der Waals surface area contributed by atoms with Crippen LogP contribution in [0.1, 0.15) is 0 Å². The second kappa shape index (κ2) is 4.67. The third-order valence-electron chi connectivity index (χ3n) is 1.94. The zero-order valence-corrected chi connectivity index (χ0v) is 8.12. The molecular formula is C9H16N4. The summed E-state index contributed by atoms with van der Waals surface area (Å²) >= 11 is 0. The molecule has 1 aromatic heterocycles. The lowest BCUT2D eigenvalue weighted by molar-refractivity contribution is 0.885. The third-order valence-corrected chi connectivity index (χ3v) is 1.94. The van der Waals surface area contributed by atoms with E-state index >= 15 is 0 Å². The predicted molar refractivity (Wildman–Crippen MR) is 56.1 cm³/mol. The number of aromatic nitrogens is 1. The molecule has 1 aromatic rings. The molecule has 0 unspecified atom stereocenters. The first kappa shape index (κ1) is 9.80. The van der Waals surface area contributed by atoms with E-state index in [0.717, 1.165) is 17.9 Å². The lowest BCUT2D eigenvalue weighted by Gasteiger charge is -2.20. The third kappa shape index (κ3) is 2.32. The average Bonchev–Trinajstić information content (AvgIpc) is 2.18. The summed E-state index contributed by atoms with van der Waals surface area (Å²) < 4.78 is 0. The molecule has 4 heteroatoms. The van der Waals surface area contributed by atoms with Crippen molar-refractivity contribution < 1.29 is 0 Å². The van der Waals surface area contributed by atoms with E-state index in [-0.39, 0.29) is 0 Å². The number of nitrogens with two attached hydrogens (primary N) is 1. The summed E-state index contributed by atoms with van der Waals surface area (Å²) in [5.74, 6) is 0. The van der Waals surface area contributed by atoms with Gasteiger partial charge in [0.25, 0.3) is 0 Å². The van der Waals surface area contributed by atoms with Crippen molar-refractivity contribution in [1.29, 1.82) is 0 Å². The Morgan fingerprint density at radius 1 is 1.62 bits per heavy atom. The molecule has 0 bridgehead atoms. The Labute approximate surface area is 78.8 Å². The Bertz CT molecular complexity index is 262. The lowest BCUT2D eigenvalue weighted by atomic mass is 10.3. The Morgan fingerprint density at radius 2 is 2.38 bits per heavy atom. The fourth-order valence-corrected chi connectivity index (χ4v) is 1.23. The van der Waals surface area contributed by atoms with Crippen LogP contribution in [0.2, 0.25) is 0 Å². The molecule has 1 rings (SSSR count). The Morgan fingerprint density at radius 3 is 3.00 bits per heavy atom. The molecule has 0 aliphatic carbocycles. The molecule has 0 saturated carbocycles. The lowest BCUT2D eigenvalue weighted by Crippen LogP contribution is -2.25. The molecule has 0 aliphatic heterocycles. The van der Waals surface area contributed by atoms with Crippen molar-refractivity contribution in [2.75, 3.05) is 37.4 Å². The minimum atomic E-state index is 0.655. The summed E-state index contributed by atoms with van der Waals surface area (Å²) in [5, 5.41) is 3.09. The summed E-state index contributed by atoms with van der Waals surface area (Å²) in [6.07, 6.45) is 3.59. The Balaban J connectivity index is 2.85. The minimum absolute atomic E-state index is 0.655. The van der Waals surface area contributed by atoms with Gasteiger partial charge in [0.1, 0.15) is 0 Å². The van der Waals surface area contributed by atoms with E-state index in [0.29, 0.717) is 6.54 Å². The maximum Gasteiger partial charge on any atom is 0.0761 e. The summed E-state index contributed by atoms with van der Waals surface area (Å²) in [6, 6.07) is 1.97. The standard InChI is InChI=1S/C9H16N4/c1-11-8-7-12-5-3-9(8)13(2)6-4-10/h3,5,7,11H,4,6,10H2,1-2H3. The van der Waals surface area contributed by atoms with Crippen molar-refractivity contribution in [3.63, 3.8) is 0 Å². The minimum Gasteiger partial charge on any atom is -0.385 e. The molecule has 4 nitrogen and oxygen atoms in total. The molecule has 0 spiro atoms. The van der Waals surface area contributed by atoms with Gasteiger partial charge in [0.2, 0.25) is 0 Å². The molecule has 72 valence electrons. The molecular weight excluding hydrogens is 164 g/mol. The van der Waals surface area contributed by atoms with Gasteiger partial charge in [0, 0.05) is 33.4 Å². The summed E-state index contributed by atoms with van der Waals surface area (Å²) in [4.78, 5) is 6.14. The molecule has 0 saturated heterocycles. The van der Waals surface area contributed by atoms with Crippen LogP contribution in [0, 0.1) is 0 Å². The number of rotatable bonds is 4. The van der Waals surface area contributed by atoms with Crippen molar-refractivity contribution >= 4 is 11.4 Å². The maximum atomic E-state index is 5.48. The second-order valence-corrected chi connectivity index (χ2v) is 2.85. The zero-order valence-electron chi connectivity index (χ0n) is 8.12. The molecule has 1 heterocycles. The number of nitrogens with zero attached hydrogens (tertiary/aromatic N) is 2. The average molecular weight is 180 g/mol. The van der Waals surface area contributed by atoms with Gasteiger partial charge in [-0.25, -0.2) is 0 Å². The first-order valence-corrected chi connectivity index (χ1v) is 4.32. The molecule has 3 N–H and O–H groups in total. The van der Waals surface area contributed by atoms with E-state index < -0.39 is 0 Å². The van der Waals surface area contributed by atoms with Gasteiger partial charge in [-0.15, -0.1) is 0 Å². The van der Waals surface area contributed by atoms with Crippen LogP contribution < -0.4 is 16.0 Å². The van der Waals surface area contributed by atoms with E-state index in [9.17, 15) is 0 Å². The quantitative estimate of drug-likeness (QED) is 0.709. The van der Waals surface area contributed by atoms with Crippen LogP contribution in [-0.2, 0) is 0 Å². The second-order valence-electron chi connectivity index (χ2n) is 2.85.